The molecule has 1 aliphatic heterocycles. The first-order valence-corrected chi connectivity index (χ1v) is 10.1. The minimum atomic E-state index is -0.304. The molecule has 0 saturated carbocycles. The summed E-state index contributed by atoms with van der Waals surface area (Å²) in [4.78, 5) is 19.0. The molecule has 2 amide bonds. The van der Waals surface area contributed by atoms with Crippen molar-refractivity contribution in [1.29, 1.82) is 0 Å². The van der Waals surface area contributed by atoms with Gasteiger partial charge in [-0.05, 0) is 49.6 Å². The van der Waals surface area contributed by atoms with Crippen LogP contribution in [-0.2, 0) is 6.54 Å². The number of aromatic nitrogens is 3. The highest BCUT2D eigenvalue weighted by atomic mass is 35.5. The van der Waals surface area contributed by atoms with Crippen molar-refractivity contribution < 1.29 is 4.79 Å². The molecule has 0 atom stereocenters. The van der Waals surface area contributed by atoms with Crippen LogP contribution in [0.5, 0.6) is 0 Å². The van der Waals surface area contributed by atoms with Crippen LogP contribution in [0.1, 0.15) is 24.8 Å². The summed E-state index contributed by atoms with van der Waals surface area (Å²) in [5, 5.41) is 10.6. The standard InChI is InChI=1S/C21H23ClN6O/c22-18-14-17(7-8-19(18)27-11-2-1-3-12-27)26-21(29)24-15-16-6-4-9-23-20(16)28-13-5-10-25-28/h4-10,13-14H,1-3,11-12,15H2,(H2,24,26,29). The third-order valence-electron chi connectivity index (χ3n) is 4.93. The Balaban J connectivity index is 1.38. The Morgan fingerprint density at radius 1 is 1.10 bits per heavy atom. The first-order chi connectivity index (χ1) is 14.2. The fourth-order valence-corrected chi connectivity index (χ4v) is 3.80. The van der Waals surface area contributed by atoms with Crippen LogP contribution in [0.2, 0.25) is 5.02 Å². The Labute approximate surface area is 174 Å². The highest BCUT2D eigenvalue weighted by molar-refractivity contribution is 6.33. The molecule has 0 unspecified atom stereocenters. The van der Waals surface area contributed by atoms with Crippen molar-refractivity contribution in [2.45, 2.75) is 25.8 Å². The smallest absolute Gasteiger partial charge is 0.319 e. The number of urea groups is 1. The van der Waals surface area contributed by atoms with Crippen LogP contribution in [-0.4, -0.2) is 33.9 Å². The molecule has 1 fully saturated rings. The van der Waals surface area contributed by atoms with Crippen molar-refractivity contribution in [3.05, 3.63) is 65.6 Å². The molecule has 150 valence electrons. The molecule has 3 aromatic rings. The van der Waals surface area contributed by atoms with E-state index in [4.69, 9.17) is 11.6 Å². The summed E-state index contributed by atoms with van der Waals surface area (Å²) in [6.07, 6.45) is 8.86. The molecule has 8 heteroatoms. The Morgan fingerprint density at radius 3 is 2.72 bits per heavy atom. The summed E-state index contributed by atoms with van der Waals surface area (Å²) >= 11 is 6.47. The predicted octanol–water partition coefficient (Wildman–Crippen LogP) is 4.23. The number of nitrogens with one attached hydrogen (secondary N) is 2. The fraction of sp³-hybridized carbons (Fsp3) is 0.286. The van der Waals surface area contributed by atoms with Gasteiger partial charge in [0.2, 0.25) is 0 Å². The first kappa shape index (κ1) is 19.3. The highest BCUT2D eigenvalue weighted by Gasteiger charge is 2.15. The molecule has 4 rings (SSSR count). The Kier molecular flexibility index (Phi) is 5.95. The fourth-order valence-electron chi connectivity index (χ4n) is 3.50. The van der Waals surface area contributed by atoms with Gasteiger partial charge in [-0.2, -0.15) is 5.10 Å². The summed E-state index contributed by atoms with van der Waals surface area (Å²) in [7, 11) is 0. The maximum absolute atomic E-state index is 12.4. The molecule has 0 aliphatic carbocycles. The molecule has 0 bridgehead atoms. The van der Waals surface area contributed by atoms with Crippen LogP contribution >= 0.6 is 11.6 Å². The van der Waals surface area contributed by atoms with Crippen molar-refractivity contribution in [1.82, 2.24) is 20.1 Å². The number of rotatable bonds is 5. The van der Waals surface area contributed by atoms with Gasteiger partial charge in [-0.3, -0.25) is 0 Å². The number of anilines is 2. The van der Waals surface area contributed by atoms with Gasteiger partial charge < -0.3 is 15.5 Å². The lowest BCUT2D eigenvalue weighted by Crippen LogP contribution is -2.30. The largest absolute Gasteiger partial charge is 0.370 e. The van der Waals surface area contributed by atoms with Crippen molar-refractivity contribution in [2.75, 3.05) is 23.3 Å². The number of carbonyl (C=O) groups is 1. The first-order valence-electron chi connectivity index (χ1n) is 9.74. The van der Waals surface area contributed by atoms with E-state index in [-0.39, 0.29) is 6.03 Å². The third-order valence-corrected chi connectivity index (χ3v) is 5.23. The average molecular weight is 411 g/mol. The van der Waals surface area contributed by atoms with Gasteiger partial charge in [0.15, 0.2) is 5.82 Å². The van der Waals surface area contributed by atoms with Crippen molar-refractivity contribution in [2.24, 2.45) is 0 Å². The Hall–Kier alpha value is -3.06. The summed E-state index contributed by atoms with van der Waals surface area (Å²) in [6.45, 7) is 2.38. The van der Waals surface area contributed by atoms with E-state index in [1.165, 1.54) is 19.3 Å². The number of pyridine rings is 1. The second kappa shape index (κ2) is 8.96. The molecule has 1 saturated heterocycles. The van der Waals surface area contributed by atoms with Gasteiger partial charge in [0.1, 0.15) is 0 Å². The van der Waals surface area contributed by atoms with Crippen LogP contribution in [0.25, 0.3) is 5.82 Å². The van der Waals surface area contributed by atoms with E-state index >= 15 is 0 Å². The van der Waals surface area contributed by atoms with Gasteiger partial charge in [0, 0.05) is 49.5 Å². The van der Waals surface area contributed by atoms with Gasteiger partial charge in [-0.25, -0.2) is 14.5 Å². The van der Waals surface area contributed by atoms with Gasteiger partial charge in [-0.1, -0.05) is 17.7 Å². The third kappa shape index (κ3) is 4.68. The summed E-state index contributed by atoms with van der Waals surface area (Å²) in [6, 6.07) is 10.9. The van der Waals surface area contributed by atoms with Gasteiger partial charge >= 0.3 is 6.03 Å². The van der Waals surface area contributed by atoms with Crippen LogP contribution in [0.15, 0.2) is 55.0 Å². The molecule has 1 aromatic carbocycles. The van der Waals surface area contributed by atoms with Crippen LogP contribution < -0.4 is 15.5 Å². The van der Waals surface area contributed by atoms with E-state index < -0.39 is 0 Å². The lowest BCUT2D eigenvalue weighted by Gasteiger charge is -2.29. The molecule has 0 radical (unpaired) electrons. The predicted molar refractivity (Wildman–Crippen MR) is 115 cm³/mol. The average Bonchev–Trinajstić information content (AvgIpc) is 3.28. The van der Waals surface area contributed by atoms with Crippen LogP contribution in [0.3, 0.4) is 0 Å². The SMILES string of the molecule is O=C(NCc1cccnc1-n1cccn1)Nc1ccc(N2CCCCC2)c(Cl)c1. The van der Waals surface area contributed by atoms with E-state index in [0.29, 0.717) is 23.1 Å². The molecule has 29 heavy (non-hydrogen) atoms. The highest BCUT2D eigenvalue weighted by Crippen LogP contribution is 2.30. The van der Waals surface area contributed by atoms with Crippen LogP contribution in [0, 0.1) is 0 Å². The van der Waals surface area contributed by atoms with Gasteiger partial charge in [0.25, 0.3) is 0 Å². The number of hydrogen-bond acceptors (Lipinski definition) is 4. The number of piperidine rings is 1. The normalized spacial score (nSPS) is 13.9. The van der Waals surface area contributed by atoms with E-state index in [9.17, 15) is 4.79 Å². The molecule has 1 aliphatic rings. The second-order valence-electron chi connectivity index (χ2n) is 6.96. The molecular formula is C21H23ClN6O. The number of amides is 2. The Morgan fingerprint density at radius 2 is 1.97 bits per heavy atom. The zero-order valence-corrected chi connectivity index (χ0v) is 16.8. The van der Waals surface area contributed by atoms with Crippen LogP contribution in [0.4, 0.5) is 16.2 Å². The summed E-state index contributed by atoms with van der Waals surface area (Å²) < 4.78 is 1.67. The van der Waals surface area contributed by atoms with E-state index in [1.54, 1.807) is 23.1 Å². The van der Waals surface area contributed by atoms with Gasteiger partial charge in [-0.15, -0.1) is 0 Å². The Bertz CT molecular complexity index is 969. The van der Waals surface area contributed by atoms with E-state index in [2.05, 4.69) is 25.6 Å². The number of benzene rings is 1. The minimum absolute atomic E-state index is 0.304. The zero-order chi connectivity index (χ0) is 20.1. The number of halogens is 1. The molecule has 7 nitrogen and oxygen atoms in total. The molecular weight excluding hydrogens is 388 g/mol. The lowest BCUT2D eigenvalue weighted by atomic mass is 10.1. The second-order valence-corrected chi connectivity index (χ2v) is 7.37. The quantitative estimate of drug-likeness (QED) is 0.659. The maximum Gasteiger partial charge on any atom is 0.319 e. The summed E-state index contributed by atoms with van der Waals surface area (Å²) in [5.41, 5.74) is 2.55. The molecule has 0 spiro atoms. The van der Waals surface area contributed by atoms with Crippen molar-refractivity contribution >= 4 is 29.0 Å². The lowest BCUT2D eigenvalue weighted by molar-refractivity contribution is 0.251. The number of hydrogen-bond donors (Lipinski definition) is 2. The monoisotopic (exact) mass is 410 g/mol. The molecule has 2 aromatic heterocycles. The van der Waals surface area contributed by atoms with Crippen molar-refractivity contribution in [3.63, 3.8) is 0 Å². The molecule has 2 N–H and O–H groups in total. The topological polar surface area (TPSA) is 75.1 Å². The minimum Gasteiger partial charge on any atom is -0.370 e. The van der Waals surface area contributed by atoms with Gasteiger partial charge in [0.05, 0.1) is 10.7 Å². The van der Waals surface area contributed by atoms with E-state index in [0.717, 1.165) is 24.3 Å². The van der Waals surface area contributed by atoms with Crippen molar-refractivity contribution in [3.8, 4) is 5.82 Å². The number of nitrogens with zero attached hydrogens (tertiary/aromatic N) is 4. The maximum atomic E-state index is 12.4. The zero-order valence-electron chi connectivity index (χ0n) is 16.0. The number of carbonyl (C=O) groups excluding carboxylic acids is 1. The van der Waals surface area contributed by atoms with E-state index in [1.807, 2.05) is 36.5 Å². The summed E-state index contributed by atoms with van der Waals surface area (Å²) in [5.74, 6) is 0.687. The molecule has 3 heterocycles.